The fraction of sp³-hybridized carbons (Fsp3) is 0.200. The van der Waals surface area contributed by atoms with Crippen molar-refractivity contribution < 1.29 is 18.7 Å². The van der Waals surface area contributed by atoms with Gasteiger partial charge < -0.3 is 19.8 Å². The third-order valence-electron chi connectivity index (χ3n) is 3.89. The van der Waals surface area contributed by atoms with Crippen LogP contribution in [0.15, 0.2) is 59.0 Å². The predicted molar refractivity (Wildman–Crippen MR) is 106 cm³/mol. The number of ether oxygens (including phenoxy) is 1. The van der Waals surface area contributed by atoms with Crippen LogP contribution < -0.4 is 10.6 Å². The van der Waals surface area contributed by atoms with Crippen LogP contribution in [0.3, 0.4) is 0 Å². The van der Waals surface area contributed by atoms with Crippen LogP contribution in [0.2, 0.25) is 5.02 Å². The molecule has 0 fully saturated rings. The van der Waals surface area contributed by atoms with Crippen molar-refractivity contribution in [3.8, 4) is 11.5 Å². The highest BCUT2D eigenvalue weighted by molar-refractivity contribution is 6.30. The summed E-state index contributed by atoms with van der Waals surface area (Å²) in [6, 6.07) is 14.8. The molecule has 3 rings (SSSR count). The van der Waals surface area contributed by atoms with Crippen LogP contribution in [0.4, 0.5) is 4.79 Å². The molecule has 1 aromatic heterocycles. The first-order valence-electron chi connectivity index (χ1n) is 8.91. The molecule has 8 nitrogen and oxygen atoms in total. The van der Waals surface area contributed by atoms with Gasteiger partial charge in [-0.1, -0.05) is 41.9 Å². The van der Waals surface area contributed by atoms with Crippen LogP contribution in [-0.4, -0.2) is 35.3 Å². The fourth-order valence-electron chi connectivity index (χ4n) is 2.54. The number of carbonyl (C=O) groups excluding carboxylic acids is 2. The summed E-state index contributed by atoms with van der Waals surface area (Å²) in [6.45, 7) is 1.67. The third-order valence-corrected chi connectivity index (χ3v) is 4.14. The van der Waals surface area contributed by atoms with E-state index in [-0.39, 0.29) is 19.0 Å². The Morgan fingerprint density at radius 3 is 2.52 bits per heavy atom. The Morgan fingerprint density at radius 2 is 1.83 bits per heavy atom. The average Bonchev–Trinajstić information content (AvgIpc) is 3.22. The van der Waals surface area contributed by atoms with Gasteiger partial charge >= 0.3 is 12.0 Å². The lowest BCUT2D eigenvalue weighted by atomic mass is 10.1. The highest BCUT2D eigenvalue weighted by Crippen LogP contribution is 2.26. The maximum absolute atomic E-state index is 12.3. The van der Waals surface area contributed by atoms with Gasteiger partial charge in [0, 0.05) is 10.6 Å². The molecule has 29 heavy (non-hydrogen) atoms. The highest BCUT2D eigenvalue weighted by atomic mass is 35.5. The lowest BCUT2D eigenvalue weighted by Crippen LogP contribution is -2.41. The van der Waals surface area contributed by atoms with E-state index in [2.05, 4.69) is 20.8 Å². The van der Waals surface area contributed by atoms with E-state index in [9.17, 15) is 9.59 Å². The van der Waals surface area contributed by atoms with E-state index in [4.69, 9.17) is 20.8 Å². The standard InChI is InChI=1S/C20H19ClN4O4/c1-2-28-16(26)12-22-20(27)23-17(13-8-10-15(21)11-9-13)19-25-24-18(29-19)14-6-4-3-5-7-14/h3-11,17H,2,12H2,1H3,(H2,22,23,27). The van der Waals surface area contributed by atoms with Crippen LogP contribution in [0.5, 0.6) is 0 Å². The van der Waals surface area contributed by atoms with Crippen molar-refractivity contribution in [2.24, 2.45) is 0 Å². The Hall–Kier alpha value is -3.39. The number of aromatic nitrogens is 2. The normalized spacial score (nSPS) is 11.5. The van der Waals surface area contributed by atoms with Gasteiger partial charge in [0.2, 0.25) is 11.8 Å². The van der Waals surface area contributed by atoms with E-state index in [0.29, 0.717) is 16.5 Å². The van der Waals surface area contributed by atoms with Gasteiger partial charge in [-0.25, -0.2) is 4.79 Å². The van der Waals surface area contributed by atoms with Gasteiger partial charge in [-0.15, -0.1) is 10.2 Å². The number of esters is 1. The summed E-state index contributed by atoms with van der Waals surface area (Å²) in [5.74, 6) is -0.0133. The average molecular weight is 415 g/mol. The second kappa shape index (κ2) is 9.70. The molecule has 0 aliphatic rings. The van der Waals surface area contributed by atoms with E-state index < -0.39 is 18.0 Å². The molecule has 9 heteroatoms. The van der Waals surface area contributed by atoms with Gasteiger partial charge in [-0.3, -0.25) is 4.79 Å². The highest BCUT2D eigenvalue weighted by Gasteiger charge is 2.24. The predicted octanol–water partition coefficient (Wildman–Crippen LogP) is 3.34. The smallest absolute Gasteiger partial charge is 0.325 e. The van der Waals surface area contributed by atoms with Gasteiger partial charge in [-0.2, -0.15) is 0 Å². The zero-order valence-corrected chi connectivity index (χ0v) is 16.3. The van der Waals surface area contributed by atoms with Gasteiger partial charge in [0.1, 0.15) is 12.6 Å². The molecular weight excluding hydrogens is 396 g/mol. The van der Waals surface area contributed by atoms with E-state index in [1.165, 1.54) is 0 Å². The topological polar surface area (TPSA) is 106 Å². The summed E-state index contributed by atoms with van der Waals surface area (Å²) in [5, 5.41) is 13.9. The number of nitrogens with zero attached hydrogens (tertiary/aromatic N) is 2. The van der Waals surface area contributed by atoms with Crippen molar-refractivity contribution in [2.45, 2.75) is 13.0 Å². The molecule has 0 spiro atoms. The Kier molecular flexibility index (Phi) is 6.80. The number of rotatable bonds is 7. The summed E-state index contributed by atoms with van der Waals surface area (Å²) in [7, 11) is 0. The lowest BCUT2D eigenvalue weighted by Gasteiger charge is -2.16. The largest absolute Gasteiger partial charge is 0.465 e. The molecule has 0 aliphatic carbocycles. The first-order valence-corrected chi connectivity index (χ1v) is 9.29. The molecule has 1 unspecified atom stereocenters. The number of benzene rings is 2. The summed E-state index contributed by atoms with van der Waals surface area (Å²) in [4.78, 5) is 23.8. The minimum Gasteiger partial charge on any atom is -0.465 e. The number of carbonyl (C=O) groups is 2. The second-order valence-electron chi connectivity index (χ2n) is 5.93. The van der Waals surface area contributed by atoms with Crippen LogP contribution in [-0.2, 0) is 9.53 Å². The van der Waals surface area contributed by atoms with E-state index >= 15 is 0 Å². The molecule has 0 saturated carbocycles. The number of hydrogen-bond donors (Lipinski definition) is 2. The lowest BCUT2D eigenvalue weighted by molar-refractivity contribution is -0.141. The van der Waals surface area contributed by atoms with Crippen molar-refractivity contribution in [1.82, 2.24) is 20.8 Å². The fourth-order valence-corrected chi connectivity index (χ4v) is 2.66. The maximum Gasteiger partial charge on any atom is 0.325 e. The molecule has 2 N–H and O–H groups in total. The number of amides is 2. The quantitative estimate of drug-likeness (QED) is 0.574. The molecule has 3 aromatic rings. The first-order chi connectivity index (χ1) is 14.1. The maximum atomic E-state index is 12.3. The van der Waals surface area contributed by atoms with Gasteiger partial charge in [-0.05, 0) is 36.8 Å². The Labute approximate surface area is 172 Å². The van der Waals surface area contributed by atoms with Gasteiger partial charge in [0.25, 0.3) is 0 Å². The van der Waals surface area contributed by atoms with E-state index in [1.807, 2.05) is 30.3 Å². The number of halogens is 1. The van der Waals surface area contributed by atoms with E-state index in [1.54, 1.807) is 31.2 Å². The Morgan fingerprint density at radius 1 is 1.10 bits per heavy atom. The van der Waals surface area contributed by atoms with Crippen molar-refractivity contribution in [3.63, 3.8) is 0 Å². The number of hydrogen-bond acceptors (Lipinski definition) is 6. The summed E-state index contributed by atoms with van der Waals surface area (Å²) < 4.78 is 10.6. The van der Waals surface area contributed by atoms with Crippen molar-refractivity contribution in [3.05, 3.63) is 71.1 Å². The number of nitrogens with one attached hydrogen (secondary N) is 2. The molecule has 2 amide bonds. The minimum absolute atomic E-state index is 0.192. The Bertz CT molecular complexity index is 960. The number of urea groups is 1. The minimum atomic E-state index is -0.737. The monoisotopic (exact) mass is 414 g/mol. The second-order valence-corrected chi connectivity index (χ2v) is 6.36. The summed E-state index contributed by atoms with van der Waals surface area (Å²) in [5.41, 5.74) is 1.44. The van der Waals surface area contributed by atoms with Crippen molar-refractivity contribution in [2.75, 3.05) is 13.2 Å². The van der Waals surface area contributed by atoms with Crippen LogP contribution >= 0.6 is 11.6 Å². The Balaban J connectivity index is 1.80. The summed E-state index contributed by atoms with van der Waals surface area (Å²) in [6.07, 6.45) is 0. The SMILES string of the molecule is CCOC(=O)CNC(=O)NC(c1ccc(Cl)cc1)c1nnc(-c2ccccc2)o1. The zero-order chi connectivity index (χ0) is 20.6. The molecule has 1 atom stereocenters. The molecule has 0 aliphatic heterocycles. The van der Waals surface area contributed by atoms with Crippen molar-refractivity contribution in [1.29, 1.82) is 0 Å². The van der Waals surface area contributed by atoms with Crippen molar-refractivity contribution >= 4 is 23.6 Å². The van der Waals surface area contributed by atoms with Gasteiger partial charge in [0.15, 0.2) is 0 Å². The summed E-state index contributed by atoms with van der Waals surface area (Å²) >= 11 is 5.96. The first kappa shape index (κ1) is 20.3. The molecular formula is C20H19ClN4O4. The zero-order valence-electron chi connectivity index (χ0n) is 15.6. The van der Waals surface area contributed by atoms with E-state index in [0.717, 1.165) is 5.56 Å². The third kappa shape index (κ3) is 5.55. The van der Waals surface area contributed by atoms with Crippen LogP contribution in [0.1, 0.15) is 24.4 Å². The molecule has 150 valence electrons. The molecule has 0 saturated heterocycles. The van der Waals surface area contributed by atoms with Crippen LogP contribution in [0, 0.1) is 0 Å². The molecule has 0 radical (unpaired) electrons. The molecule has 0 bridgehead atoms. The molecule has 1 heterocycles. The molecule has 2 aromatic carbocycles. The van der Waals surface area contributed by atoms with Gasteiger partial charge in [0.05, 0.1) is 6.61 Å². The van der Waals surface area contributed by atoms with Crippen LogP contribution in [0.25, 0.3) is 11.5 Å².